The molecule has 1 aliphatic heterocycles. The molecule has 110 valence electrons. The van der Waals surface area contributed by atoms with Crippen LogP contribution in [0.4, 0.5) is 0 Å². The Morgan fingerprint density at radius 1 is 1.25 bits per heavy atom. The number of aryl methyl sites for hydroxylation is 1. The number of benzene rings is 1. The summed E-state index contributed by atoms with van der Waals surface area (Å²) < 4.78 is 0. The van der Waals surface area contributed by atoms with Gasteiger partial charge in [0.05, 0.1) is 0 Å². The quantitative estimate of drug-likeness (QED) is 0.916. The minimum atomic E-state index is 0.604. The molecule has 0 bridgehead atoms. The van der Waals surface area contributed by atoms with Gasteiger partial charge in [-0.1, -0.05) is 31.2 Å². The summed E-state index contributed by atoms with van der Waals surface area (Å²) in [7, 11) is 0. The molecule has 1 aromatic carbocycles. The Bertz CT molecular complexity index is 443. The van der Waals surface area contributed by atoms with E-state index in [1.165, 1.54) is 45.2 Å². The summed E-state index contributed by atoms with van der Waals surface area (Å²) in [4.78, 5) is 2.67. The third kappa shape index (κ3) is 2.91. The molecular formula is C18H28N2. The zero-order valence-corrected chi connectivity index (χ0v) is 12.7. The summed E-state index contributed by atoms with van der Waals surface area (Å²) in [5, 5.41) is 0. The van der Waals surface area contributed by atoms with Crippen LogP contribution in [-0.4, -0.2) is 30.6 Å². The van der Waals surface area contributed by atoms with E-state index in [4.69, 9.17) is 5.73 Å². The highest BCUT2D eigenvalue weighted by molar-refractivity contribution is 5.32. The number of fused-ring (bicyclic) bond motifs is 1. The maximum absolute atomic E-state index is 6.01. The fraction of sp³-hybridized carbons (Fsp3) is 0.667. The molecule has 1 aromatic rings. The predicted molar refractivity (Wildman–Crippen MR) is 84.9 cm³/mol. The van der Waals surface area contributed by atoms with Crippen molar-refractivity contribution >= 4 is 0 Å². The van der Waals surface area contributed by atoms with E-state index in [1.807, 2.05) is 0 Å². The Balaban J connectivity index is 1.72. The summed E-state index contributed by atoms with van der Waals surface area (Å²) >= 11 is 0. The Morgan fingerprint density at radius 2 is 2.10 bits per heavy atom. The molecule has 2 N–H and O–H groups in total. The Labute approximate surface area is 123 Å². The second kappa shape index (κ2) is 6.28. The van der Waals surface area contributed by atoms with E-state index >= 15 is 0 Å². The molecule has 3 rings (SSSR count). The molecule has 1 aliphatic carbocycles. The van der Waals surface area contributed by atoms with Gasteiger partial charge in [-0.15, -0.1) is 0 Å². The first kappa shape index (κ1) is 14.1. The summed E-state index contributed by atoms with van der Waals surface area (Å²) in [6, 6.07) is 9.67. The number of likely N-dealkylation sites (tertiary alicyclic amines) is 1. The highest BCUT2D eigenvalue weighted by atomic mass is 15.2. The van der Waals surface area contributed by atoms with E-state index in [9.17, 15) is 0 Å². The van der Waals surface area contributed by atoms with E-state index in [-0.39, 0.29) is 0 Å². The summed E-state index contributed by atoms with van der Waals surface area (Å²) in [6.07, 6.45) is 6.58. The molecule has 0 spiro atoms. The largest absolute Gasteiger partial charge is 0.329 e. The lowest BCUT2D eigenvalue weighted by Crippen LogP contribution is -2.47. The Morgan fingerprint density at radius 3 is 2.95 bits per heavy atom. The van der Waals surface area contributed by atoms with Crippen molar-refractivity contribution < 1.29 is 0 Å². The van der Waals surface area contributed by atoms with Crippen molar-refractivity contribution in [2.24, 2.45) is 11.7 Å². The normalized spacial score (nSPS) is 31.0. The number of hydrogen-bond acceptors (Lipinski definition) is 2. The molecule has 2 aliphatic rings. The van der Waals surface area contributed by atoms with Gasteiger partial charge in [-0.05, 0) is 61.6 Å². The van der Waals surface area contributed by atoms with Gasteiger partial charge in [0.25, 0.3) is 0 Å². The molecule has 0 amide bonds. The lowest BCUT2D eigenvalue weighted by atomic mass is 9.81. The van der Waals surface area contributed by atoms with Crippen molar-refractivity contribution in [3.05, 3.63) is 35.4 Å². The van der Waals surface area contributed by atoms with Gasteiger partial charge in [0.1, 0.15) is 0 Å². The number of hydrogen-bond donors (Lipinski definition) is 1. The highest BCUT2D eigenvalue weighted by Crippen LogP contribution is 2.33. The van der Waals surface area contributed by atoms with Gasteiger partial charge in [0.2, 0.25) is 0 Å². The average Bonchev–Trinajstić information content (AvgIpc) is 2.49. The molecule has 0 saturated carbocycles. The molecule has 2 nitrogen and oxygen atoms in total. The zero-order chi connectivity index (χ0) is 13.9. The highest BCUT2D eigenvalue weighted by Gasteiger charge is 2.29. The Hall–Kier alpha value is -0.860. The second-order valence-corrected chi connectivity index (χ2v) is 6.80. The van der Waals surface area contributed by atoms with Gasteiger partial charge >= 0.3 is 0 Å². The zero-order valence-electron chi connectivity index (χ0n) is 12.7. The summed E-state index contributed by atoms with van der Waals surface area (Å²) in [5.41, 5.74) is 9.20. The maximum atomic E-state index is 6.01. The number of nitrogens with two attached hydrogens (primary N) is 1. The number of rotatable bonds is 3. The molecule has 0 aromatic heterocycles. The monoisotopic (exact) mass is 272 g/mol. The van der Waals surface area contributed by atoms with Crippen LogP contribution in [0.1, 0.15) is 49.7 Å². The van der Waals surface area contributed by atoms with Gasteiger partial charge in [0.15, 0.2) is 0 Å². The van der Waals surface area contributed by atoms with Crippen molar-refractivity contribution in [3.8, 4) is 0 Å². The molecule has 1 heterocycles. The van der Waals surface area contributed by atoms with Crippen LogP contribution in [0.25, 0.3) is 0 Å². The van der Waals surface area contributed by atoms with Crippen molar-refractivity contribution in [3.63, 3.8) is 0 Å². The average molecular weight is 272 g/mol. The van der Waals surface area contributed by atoms with Crippen LogP contribution < -0.4 is 5.73 Å². The van der Waals surface area contributed by atoms with Gasteiger partial charge in [0, 0.05) is 19.1 Å². The second-order valence-electron chi connectivity index (χ2n) is 6.80. The lowest BCUT2D eigenvalue weighted by molar-refractivity contribution is 0.112. The third-order valence-corrected chi connectivity index (χ3v) is 5.32. The van der Waals surface area contributed by atoms with Crippen molar-refractivity contribution in [2.45, 2.75) is 51.0 Å². The van der Waals surface area contributed by atoms with Crippen LogP contribution in [0.15, 0.2) is 24.3 Å². The standard InChI is InChI=1S/C18H28N2/c1-14-9-10-20(17(11-14)12-19)13-16-7-4-6-15-5-2-3-8-18(15)16/h2-3,5,8,14,16-17H,4,6-7,9-13,19H2,1H3. The van der Waals surface area contributed by atoms with E-state index in [0.717, 1.165) is 18.4 Å². The number of piperidine rings is 1. The first-order chi connectivity index (χ1) is 9.78. The molecule has 3 atom stereocenters. The van der Waals surface area contributed by atoms with Crippen LogP contribution in [-0.2, 0) is 6.42 Å². The molecular weight excluding hydrogens is 244 g/mol. The molecule has 1 saturated heterocycles. The predicted octanol–water partition coefficient (Wildman–Crippen LogP) is 3.17. The van der Waals surface area contributed by atoms with Crippen molar-refractivity contribution in [1.29, 1.82) is 0 Å². The fourth-order valence-electron chi connectivity index (χ4n) is 4.11. The summed E-state index contributed by atoms with van der Waals surface area (Å²) in [6.45, 7) is 5.64. The summed E-state index contributed by atoms with van der Waals surface area (Å²) in [5.74, 6) is 1.57. The van der Waals surface area contributed by atoms with Crippen LogP contribution in [0.5, 0.6) is 0 Å². The molecule has 2 heteroatoms. The molecule has 0 radical (unpaired) electrons. The number of nitrogens with zero attached hydrogens (tertiary/aromatic N) is 1. The first-order valence-electron chi connectivity index (χ1n) is 8.30. The van der Waals surface area contributed by atoms with Crippen molar-refractivity contribution in [1.82, 2.24) is 4.90 Å². The lowest BCUT2D eigenvalue weighted by Gasteiger charge is -2.41. The van der Waals surface area contributed by atoms with Crippen LogP contribution in [0.3, 0.4) is 0 Å². The van der Waals surface area contributed by atoms with Gasteiger partial charge in [-0.2, -0.15) is 0 Å². The molecule has 3 unspecified atom stereocenters. The van der Waals surface area contributed by atoms with Crippen LogP contribution in [0.2, 0.25) is 0 Å². The molecule has 20 heavy (non-hydrogen) atoms. The van der Waals surface area contributed by atoms with Crippen LogP contribution >= 0.6 is 0 Å². The van der Waals surface area contributed by atoms with Gasteiger partial charge < -0.3 is 5.73 Å². The molecule has 1 fully saturated rings. The SMILES string of the molecule is CC1CCN(CC2CCCc3ccccc32)C(CN)C1. The maximum Gasteiger partial charge on any atom is 0.0221 e. The van der Waals surface area contributed by atoms with Gasteiger partial charge in [-0.3, -0.25) is 4.90 Å². The third-order valence-electron chi connectivity index (χ3n) is 5.32. The minimum Gasteiger partial charge on any atom is -0.329 e. The first-order valence-corrected chi connectivity index (χ1v) is 8.30. The minimum absolute atomic E-state index is 0.604. The van der Waals surface area contributed by atoms with Gasteiger partial charge in [-0.25, -0.2) is 0 Å². The smallest absolute Gasteiger partial charge is 0.0221 e. The topological polar surface area (TPSA) is 29.3 Å². The van der Waals surface area contributed by atoms with E-state index < -0.39 is 0 Å². The van der Waals surface area contributed by atoms with E-state index in [0.29, 0.717) is 6.04 Å². The van der Waals surface area contributed by atoms with Crippen molar-refractivity contribution in [2.75, 3.05) is 19.6 Å². The van der Waals surface area contributed by atoms with E-state index in [1.54, 1.807) is 11.1 Å². The van der Waals surface area contributed by atoms with E-state index in [2.05, 4.69) is 36.1 Å². The fourth-order valence-corrected chi connectivity index (χ4v) is 4.11. The Kier molecular flexibility index (Phi) is 4.42. The van der Waals surface area contributed by atoms with Crippen LogP contribution in [0, 0.1) is 5.92 Å².